The summed E-state index contributed by atoms with van der Waals surface area (Å²) >= 11 is 0. The van der Waals surface area contributed by atoms with Crippen LogP contribution in [0.4, 0.5) is 0 Å². The van der Waals surface area contributed by atoms with Crippen LogP contribution in [-0.4, -0.2) is 86.7 Å². The van der Waals surface area contributed by atoms with E-state index in [2.05, 4.69) is 26.9 Å². The number of nitrogens with zero attached hydrogens (tertiary/aromatic N) is 3. The minimum absolute atomic E-state index is 1.11. The topological polar surface area (TPSA) is 21.8 Å². The van der Waals surface area contributed by atoms with Crippen LogP contribution in [0, 0.1) is 0 Å². The lowest BCUT2D eigenvalue weighted by Gasteiger charge is -2.36. The van der Waals surface area contributed by atoms with Crippen molar-refractivity contribution in [3.05, 3.63) is 0 Å². The molecule has 2 fully saturated rings. The molecule has 0 aromatic carbocycles. The molecule has 0 radical (unpaired) electrons. The van der Waals surface area contributed by atoms with Crippen molar-refractivity contribution in [2.45, 2.75) is 39.0 Å². The summed E-state index contributed by atoms with van der Waals surface area (Å²) in [6.07, 6.45) is 6.95. The first-order chi connectivity index (χ1) is 10.4. The molecule has 0 saturated carbocycles. The largest absolute Gasteiger partial charge is 0.317 e. The zero-order valence-corrected chi connectivity index (χ0v) is 14.2. The second kappa shape index (κ2) is 10.5. The van der Waals surface area contributed by atoms with Gasteiger partial charge in [0.05, 0.1) is 0 Å². The molecule has 0 aliphatic carbocycles. The van der Waals surface area contributed by atoms with Crippen LogP contribution in [0.15, 0.2) is 0 Å². The van der Waals surface area contributed by atoms with Gasteiger partial charge in [0.1, 0.15) is 0 Å². The molecule has 4 heteroatoms. The summed E-state index contributed by atoms with van der Waals surface area (Å²) < 4.78 is 0. The first-order valence-electron chi connectivity index (χ1n) is 9.26. The number of unbranched alkanes of at least 4 members (excludes halogenated alkanes) is 1. The maximum absolute atomic E-state index is 3.41. The molecule has 0 aromatic rings. The fourth-order valence-electron chi connectivity index (χ4n) is 3.46. The van der Waals surface area contributed by atoms with Crippen LogP contribution in [0.3, 0.4) is 0 Å². The molecule has 0 bridgehead atoms. The van der Waals surface area contributed by atoms with E-state index in [1.807, 2.05) is 0 Å². The quantitative estimate of drug-likeness (QED) is 0.651. The maximum atomic E-state index is 3.41. The van der Waals surface area contributed by atoms with E-state index in [0.717, 1.165) is 6.54 Å². The Morgan fingerprint density at radius 3 is 1.86 bits per heavy atom. The van der Waals surface area contributed by atoms with Crippen LogP contribution in [-0.2, 0) is 0 Å². The summed E-state index contributed by atoms with van der Waals surface area (Å²) in [5.41, 5.74) is 0. The monoisotopic (exact) mass is 296 g/mol. The van der Waals surface area contributed by atoms with Crippen LogP contribution in [0.1, 0.15) is 39.0 Å². The third kappa shape index (κ3) is 7.09. The van der Waals surface area contributed by atoms with Crippen LogP contribution < -0.4 is 5.32 Å². The van der Waals surface area contributed by atoms with E-state index < -0.39 is 0 Å². The lowest BCUT2D eigenvalue weighted by molar-refractivity contribution is 0.113. The predicted octanol–water partition coefficient (Wildman–Crippen LogP) is 1.48. The zero-order chi connectivity index (χ0) is 14.8. The minimum Gasteiger partial charge on any atom is -0.317 e. The van der Waals surface area contributed by atoms with Gasteiger partial charge in [-0.15, -0.1) is 0 Å². The van der Waals surface area contributed by atoms with E-state index in [9.17, 15) is 0 Å². The smallest absolute Gasteiger partial charge is 0.0110 e. The van der Waals surface area contributed by atoms with Gasteiger partial charge in [-0.1, -0.05) is 13.3 Å². The number of hydrogen-bond acceptors (Lipinski definition) is 4. The van der Waals surface area contributed by atoms with Crippen molar-refractivity contribution in [1.82, 2.24) is 20.0 Å². The maximum Gasteiger partial charge on any atom is 0.0110 e. The van der Waals surface area contributed by atoms with E-state index in [-0.39, 0.29) is 0 Å². The van der Waals surface area contributed by atoms with Gasteiger partial charge in [-0.25, -0.2) is 0 Å². The SMILES string of the molecule is CCNCCCCN1CCN(CCN2CCCCC2)CC1. The fourth-order valence-corrected chi connectivity index (χ4v) is 3.46. The van der Waals surface area contributed by atoms with Gasteiger partial charge in [0.2, 0.25) is 0 Å². The summed E-state index contributed by atoms with van der Waals surface area (Å²) in [6.45, 7) is 16.1. The van der Waals surface area contributed by atoms with Crippen LogP contribution in [0.2, 0.25) is 0 Å². The third-order valence-corrected chi connectivity index (χ3v) is 4.97. The molecule has 4 nitrogen and oxygen atoms in total. The highest BCUT2D eigenvalue weighted by Gasteiger charge is 2.17. The van der Waals surface area contributed by atoms with Crippen molar-refractivity contribution in [3.63, 3.8) is 0 Å². The first kappa shape index (κ1) is 17.2. The summed E-state index contributed by atoms with van der Waals surface area (Å²) in [4.78, 5) is 7.99. The van der Waals surface area contributed by atoms with Gasteiger partial charge in [-0.3, -0.25) is 4.90 Å². The van der Waals surface area contributed by atoms with E-state index in [1.54, 1.807) is 0 Å². The average molecular weight is 297 g/mol. The molecule has 0 aromatic heterocycles. The molecule has 2 aliphatic rings. The van der Waals surface area contributed by atoms with Crippen molar-refractivity contribution >= 4 is 0 Å². The van der Waals surface area contributed by atoms with Gasteiger partial charge in [0.25, 0.3) is 0 Å². The molecule has 2 rings (SSSR count). The second-order valence-corrected chi connectivity index (χ2v) is 6.65. The number of likely N-dealkylation sites (tertiary alicyclic amines) is 1. The lowest BCUT2D eigenvalue weighted by atomic mass is 10.1. The molecular weight excluding hydrogens is 260 g/mol. The summed E-state index contributed by atoms with van der Waals surface area (Å²) in [5, 5.41) is 3.41. The normalized spacial score (nSPS) is 22.7. The molecule has 0 atom stereocenters. The van der Waals surface area contributed by atoms with Gasteiger partial charge >= 0.3 is 0 Å². The summed E-state index contributed by atoms with van der Waals surface area (Å²) in [7, 11) is 0. The lowest BCUT2D eigenvalue weighted by Crippen LogP contribution is -2.49. The molecule has 2 aliphatic heterocycles. The Balaban J connectivity index is 1.47. The Morgan fingerprint density at radius 2 is 1.24 bits per heavy atom. The van der Waals surface area contributed by atoms with Crippen molar-refractivity contribution in [1.29, 1.82) is 0 Å². The van der Waals surface area contributed by atoms with E-state index >= 15 is 0 Å². The number of rotatable bonds is 9. The Hall–Kier alpha value is -0.160. The van der Waals surface area contributed by atoms with E-state index in [4.69, 9.17) is 0 Å². The Labute approximate surface area is 131 Å². The summed E-state index contributed by atoms with van der Waals surface area (Å²) in [5.74, 6) is 0. The summed E-state index contributed by atoms with van der Waals surface area (Å²) in [6, 6.07) is 0. The predicted molar refractivity (Wildman–Crippen MR) is 90.9 cm³/mol. The standard InChI is InChI=1S/C17H36N4/c1-2-18-8-4-7-11-20-13-16-21(17-14-20)15-12-19-9-5-3-6-10-19/h18H,2-17H2,1H3. The molecule has 2 saturated heterocycles. The molecule has 1 N–H and O–H groups in total. The van der Waals surface area contributed by atoms with E-state index in [0.29, 0.717) is 0 Å². The molecule has 124 valence electrons. The number of hydrogen-bond donors (Lipinski definition) is 1. The van der Waals surface area contributed by atoms with Gasteiger partial charge in [-0.05, 0) is 58.4 Å². The first-order valence-corrected chi connectivity index (χ1v) is 9.26. The van der Waals surface area contributed by atoms with E-state index in [1.165, 1.54) is 97.6 Å². The number of piperazine rings is 1. The van der Waals surface area contributed by atoms with Gasteiger partial charge in [0, 0.05) is 39.3 Å². The highest BCUT2D eigenvalue weighted by Crippen LogP contribution is 2.09. The van der Waals surface area contributed by atoms with Gasteiger partial charge < -0.3 is 15.1 Å². The molecule has 21 heavy (non-hydrogen) atoms. The van der Waals surface area contributed by atoms with Crippen molar-refractivity contribution < 1.29 is 0 Å². The van der Waals surface area contributed by atoms with Crippen LogP contribution >= 0.6 is 0 Å². The number of piperidine rings is 1. The van der Waals surface area contributed by atoms with Crippen LogP contribution in [0.5, 0.6) is 0 Å². The average Bonchev–Trinajstić information content (AvgIpc) is 2.55. The minimum atomic E-state index is 1.11. The molecule has 0 amide bonds. The third-order valence-electron chi connectivity index (χ3n) is 4.97. The molecule has 0 spiro atoms. The molecular formula is C17H36N4. The zero-order valence-electron chi connectivity index (χ0n) is 14.2. The fraction of sp³-hybridized carbons (Fsp3) is 1.00. The van der Waals surface area contributed by atoms with Crippen LogP contribution in [0.25, 0.3) is 0 Å². The van der Waals surface area contributed by atoms with Crippen molar-refractivity contribution in [2.75, 3.05) is 72.0 Å². The number of nitrogens with one attached hydrogen (secondary N) is 1. The second-order valence-electron chi connectivity index (χ2n) is 6.65. The van der Waals surface area contributed by atoms with Gasteiger partial charge in [0.15, 0.2) is 0 Å². The van der Waals surface area contributed by atoms with Crippen molar-refractivity contribution in [2.24, 2.45) is 0 Å². The van der Waals surface area contributed by atoms with Crippen molar-refractivity contribution in [3.8, 4) is 0 Å². The highest BCUT2D eigenvalue weighted by atomic mass is 15.3. The Morgan fingerprint density at radius 1 is 0.667 bits per heavy atom. The Kier molecular flexibility index (Phi) is 8.64. The Bertz CT molecular complexity index is 245. The molecule has 0 unspecified atom stereocenters. The molecule has 2 heterocycles. The van der Waals surface area contributed by atoms with Gasteiger partial charge in [-0.2, -0.15) is 0 Å². The highest BCUT2D eigenvalue weighted by molar-refractivity contribution is 4.74.